The zero-order valence-electron chi connectivity index (χ0n) is 15.1. The van der Waals surface area contributed by atoms with Crippen LogP contribution >= 0.6 is 11.3 Å². The summed E-state index contributed by atoms with van der Waals surface area (Å²) < 4.78 is 0. The standard InChI is InChI=1S/C19H27N5OS/c20-10-13-4-1-2-6-16(13)23-18(25)14-5-3-8-24(11-14)17-15-7-9-26-19(15)22-12-21-17/h7,9,12-14,16H,1-6,8,10-11,20H2,(H,23,25). The molecule has 0 aromatic carbocycles. The van der Waals surface area contributed by atoms with Crippen LogP contribution in [-0.2, 0) is 4.79 Å². The number of anilines is 1. The Morgan fingerprint density at radius 1 is 1.27 bits per heavy atom. The van der Waals surface area contributed by atoms with Crippen LogP contribution in [0.1, 0.15) is 38.5 Å². The van der Waals surface area contributed by atoms with Gasteiger partial charge in [0.2, 0.25) is 5.91 Å². The summed E-state index contributed by atoms with van der Waals surface area (Å²) in [6.07, 6.45) is 8.20. The van der Waals surface area contributed by atoms with Gasteiger partial charge in [-0.1, -0.05) is 12.8 Å². The topological polar surface area (TPSA) is 84.1 Å². The van der Waals surface area contributed by atoms with Crippen molar-refractivity contribution in [1.82, 2.24) is 15.3 Å². The van der Waals surface area contributed by atoms with E-state index < -0.39 is 0 Å². The first kappa shape index (κ1) is 17.7. The SMILES string of the molecule is NCC1CCCCC1NC(=O)C1CCCN(c2ncnc3sccc23)C1. The van der Waals surface area contributed by atoms with Gasteiger partial charge in [0.05, 0.1) is 11.3 Å². The molecule has 0 bridgehead atoms. The van der Waals surface area contributed by atoms with Crippen molar-refractivity contribution in [3.05, 3.63) is 17.8 Å². The maximum atomic E-state index is 12.9. The molecule has 3 atom stereocenters. The molecule has 1 aliphatic heterocycles. The van der Waals surface area contributed by atoms with Gasteiger partial charge < -0.3 is 16.0 Å². The van der Waals surface area contributed by atoms with Gasteiger partial charge in [-0.05, 0) is 49.6 Å². The minimum atomic E-state index is 0.0211. The van der Waals surface area contributed by atoms with E-state index in [1.807, 2.05) is 5.38 Å². The van der Waals surface area contributed by atoms with Gasteiger partial charge >= 0.3 is 0 Å². The van der Waals surface area contributed by atoms with E-state index in [4.69, 9.17) is 5.73 Å². The molecule has 2 fully saturated rings. The molecular weight excluding hydrogens is 346 g/mol. The van der Waals surface area contributed by atoms with Crippen molar-refractivity contribution in [2.45, 2.75) is 44.6 Å². The largest absolute Gasteiger partial charge is 0.355 e. The lowest BCUT2D eigenvalue weighted by Crippen LogP contribution is -2.50. The van der Waals surface area contributed by atoms with Crippen LogP contribution in [0, 0.1) is 11.8 Å². The molecule has 3 N–H and O–H groups in total. The summed E-state index contributed by atoms with van der Waals surface area (Å²) in [6.45, 7) is 2.34. The number of hydrogen-bond acceptors (Lipinski definition) is 6. The van der Waals surface area contributed by atoms with Gasteiger partial charge in [-0.25, -0.2) is 9.97 Å². The molecule has 6 nitrogen and oxygen atoms in total. The summed E-state index contributed by atoms with van der Waals surface area (Å²) in [4.78, 5) is 25.0. The number of nitrogens with one attached hydrogen (secondary N) is 1. The van der Waals surface area contributed by atoms with E-state index in [0.29, 0.717) is 12.5 Å². The molecule has 2 aliphatic rings. The second-order valence-corrected chi connectivity index (χ2v) is 8.41. The number of piperidine rings is 1. The van der Waals surface area contributed by atoms with E-state index in [-0.39, 0.29) is 17.9 Å². The second kappa shape index (κ2) is 7.88. The van der Waals surface area contributed by atoms with Crippen molar-refractivity contribution in [3.63, 3.8) is 0 Å². The molecule has 1 saturated heterocycles. The van der Waals surface area contributed by atoms with E-state index in [1.165, 1.54) is 12.8 Å². The first-order chi connectivity index (χ1) is 12.8. The lowest BCUT2D eigenvalue weighted by molar-refractivity contribution is -0.126. The summed E-state index contributed by atoms with van der Waals surface area (Å²) in [6, 6.07) is 2.33. The Balaban J connectivity index is 1.44. The summed E-state index contributed by atoms with van der Waals surface area (Å²) in [7, 11) is 0. The Hall–Kier alpha value is -1.73. The van der Waals surface area contributed by atoms with E-state index in [1.54, 1.807) is 17.7 Å². The maximum absolute atomic E-state index is 12.9. The van der Waals surface area contributed by atoms with Crippen LogP contribution in [0.3, 0.4) is 0 Å². The molecule has 2 aromatic heterocycles. The van der Waals surface area contributed by atoms with Crippen molar-refractivity contribution >= 4 is 33.3 Å². The van der Waals surface area contributed by atoms with E-state index in [0.717, 1.165) is 54.8 Å². The summed E-state index contributed by atoms with van der Waals surface area (Å²) >= 11 is 1.63. The molecule has 0 spiro atoms. The molecule has 3 heterocycles. The van der Waals surface area contributed by atoms with Crippen LogP contribution in [0.2, 0.25) is 0 Å². The van der Waals surface area contributed by atoms with E-state index in [9.17, 15) is 4.79 Å². The van der Waals surface area contributed by atoms with Crippen molar-refractivity contribution in [1.29, 1.82) is 0 Å². The molecule has 1 aliphatic carbocycles. The lowest BCUT2D eigenvalue weighted by Gasteiger charge is -2.36. The molecule has 2 aromatic rings. The fraction of sp³-hybridized carbons (Fsp3) is 0.632. The van der Waals surface area contributed by atoms with Crippen LogP contribution in [0.25, 0.3) is 10.2 Å². The predicted octanol–water partition coefficient (Wildman–Crippen LogP) is 2.54. The van der Waals surface area contributed by atoms with Crippen molar-refractivity contribution < 1.29 is 4.79 Å². The van der Waals surface area contributed by atoms with E-state index >= 15 is 0 Å². The molecule has 26 heavy (non-hydrogen) atoms. The average molecular weight is 374 g/mol. The summed E-state index contributed by atoms with van der Waals surface area (Å²) in [5, 5.41) is 6.46. The van der Waals surface area contributed by atoms with Gasteiger partial charge in [-0.2, -0.15) is 0 Å². The van der Waals surface area contributed by atoms with Gasteiger partial charge in [-0.15, -0.1) is 11.3 Å². The van der Waals surface area contributed by atoms with Gasteiger partial charge in [0, 0.05) is 19.1 Å². The monoisotopic (exact) mass is 373 g/mol. The Labute approximate surface area is 158 Å². The average Bonchev–Trinajstić information content (AvgIpc) is 3.17. The number of fused-ring (bicyclic) bond motifs is 1. The number of amides is 1. The molecule has 4 rings (SSSR count). The Kier molecular flexibility index (Phi) is 5.36. The zero-order chi connectivity index (χ0) is 17.9. The van der Waals surface area contributed by atoms with Gasteiger partial charge in [0.15, 0.2) is 0 Å². The predicted molar refractivity (Wildman–Crippen MR) is 105 cm³/mol. The number of carbonyl (C=O) groups excluding carboxylic acids is 1. The van der Waals surface area contributed by atoms with Crippen LogP contribution < -0.4 is 16.0 Å². The third kappa shape index (κ3) is 3.55. The second-order valence-electron chi connectivity index (χ2n) is 7.52. The fourth-order valence-electron chi connectivity index (χ4n) is 4.39. The van der Waals surface area contributed by atoms with Crippen LogP contribution in [-0.4, -0.2) is 41.6 Å². The first-order valence-corrected chi connectivity index (χ1v) is 10.6. The number of nitrogens with zero attached hydrogens (tertiary/aromatic N) is 3. The highest BCUT2D eigenvalue weighted by Gasteiger charge is 2.31. The summed E-state index contributed by atoms with van der Waals surface area (Å²) in [5.74, 6) is 1.61. The normalized spacial score (nSPS) is 26.8. The number of aromatic nitrogens is 2. The molecule has 0 radical (unpaired) electrons. The quantitative estimate of drug-likeness (QED) is 0.860. The molecule has 3 unspecified atom stereocenters. The van der Waals surface area contributed by atoms with Gasteiger partial charge in [0.25, 0.3) is 0 Å². The number of thiophene rings is 1. The zero-order valence-corrected chi connectivity index (χ0v) is 15.9. The Bertz CT molecular complexity index is 763. The number of hydrogen-bond donors (Lipinski definition) is 2. The molecule has 1 amide bonds. The number of carbonyl (C=O) groups is 1. The molecule has 1 saturated carbocycles. The molecule has 7 heteroatoms. The van der Waals surface area contributed by atoms with E-state index in [2.05, 4.69) is 26.3 Å². The van der Waals surface area contributed by atoms with Crippen molar-refractivity contribution in [2.24, 2.45) is 17.6 Å². The van der Waals surface area contributed by atoms with Gasteiger partial charge in [0.1, 0.15) is 17.0 Å². The van der Waals surface area contributed by atoms with Crippen molar-refractivity contribution in [2.75, 3.05) is 24.5 Å². The smallest absolute Gasteiger partial charge is 0.225 e. The first-order valence-electron chi connectivity index (χ1n) is 9.70. The maximum Gasteiger partial charge on any atom is 0.225 e. The highest BCUT2D eigenvalue weighted by molar-refractivity contribution is 7.16. The minimum Gasteiger partial charge on any atom is -0.355 e. The van der Waals surface area contributed by atoms with Gasteiger partial charge in [-0.3, -0.25) is 4.79 Å². The highest BCUT2D eigenvalue weighted by Crippen LogP contribution is 2.30. The molecule has 140 valence electrons. The fourth-order valence-corrected chi connectivity index (χ4v) is 5.12. The Morgan fingerprint density at radius 3 is 3.04 bits per heavy atom. The van der Waals surface area contributed by atoms with Crippen LogP contribution in [0.4, 0.5) is 5.82 Å². The van der Waals surface area contributed by atoms with Crippen LogP contribution in [0.15, 0.2) is 17.8 Å². The third-order valence-electron chi connectivity index (χ3n) is 5.87. The lowest BCUT2D eigenvalue weighted by atomic mass is 9.84. The Morgan fingerprint density at radius 2 is 2.15 bits per heavy atom. The number of nitrogens with two attached hydrogens (primary N) is 1. The molecular formula is C19H27N5OS. The van der Waals surface area contributed by atoms with Crippen LogP contribution in [0.5, 0.6) is 0 Å². The third-order valence-corrected chi connectivity index (χ3v) is 6.69. The van der Waals surface area contributed by atoms with Crippen molar-refractivity contribution in [3.8, 4) is 0 Å². The highest BCUT2D eigenvalue weighted by atomic mass is 32.1. The number of rotatable bonds is 4. The minimum absolute atomic E-state index is 0.0211. The summed E-state index contributed by atoms with van der Waals surface area (Å²) in [5.41, 5.74) is 5.92.